The van der Waals surface area contributed by atoms with E-state index in [-0.39, 0.29) is 11.4 Å². The predicted molar refractivity (Wildman–Crippen MR) is 60.5 cm³/mol. The lowest BCUT2D eigenvalue weighted by molar-refractivity contribution is 0.130. The standard InChI is InChI=1S/C13H18FO/c1-9(2)10-6-11(14)8-12(7-10)15-13(3,4)5/h6-8H,1-5H3. The highest BCUT2D eigenvalue weighted by molar-refractivity contribution is 5.36. The van der Waals surface area contributed by atoms with Crippen molar-refractivity contribution in [2.24, 2.45) is 0 Å². The monoisotopic (exact) mass is 209 g/mol. The zero-order valence-electron chi connectivity index (χ0n) is 10.0. The van der Waals surface area contributed by atoms with E-state index in [0.29, 0.717) is 5.75 Å². The minimum atomic E-state index is -0.299. The minimum absolute atomic E-state index is 0.257. The lowest BCUT2D eigenvalue weighted by Crippen LogP contribution is -2.23. The molecule has 0 N–H and O–H groups in total. The van der Waals surface area contributed by atoms with Gasteiger partial charge >= 0.3 is 0 Å². The molecule has 2 heteroatoms. The summed E-state index contributed by atoms with van der Waals surface area (Å²) in [5, 5.41) is 0. The molecule has 83 valence electrons. The molecule has 0 amide bonds. The van der Waals surface area contributed by atoms with Gasteiger partial charge < -0.3 is 4.74 Å². The van der Waals surface area contributed by atoms with Gasteiger partial charge in [-0.3, -0.25) is 0 Å². The fourth-order valence-electron chi connectivity index (χ4n) is 1.26. The van der Waals surface area contributed by atoms with Gasteiger partial charge in [0.25, 0.3) is 0 Å². The maximum Gasteiger partial charge on any atom is 0.127 e. The molecule has 1 aromatic carbocycles. The van der Waals surface area contributed by atoms with Crippen LogP contribution in [-0.2, 0) is 0 Å². The van der Waals surface area contributed by atoms with E-state index in [0.717, 1.165) is 11.5 Å². The third-order valence-electron chi connectivity index (χ3n) is 1.87. The molecule has 0 aliphatic carbocycles. The molecule has 0 unspecified atom stereocenters. The van der Waals surface area contributed by atoms with Gasteiger partial charge in [0, 0.05) is 6.07 Å². The molecule has 0 atom stereocenters. The Morgan fingerprint density at radius 1 is 1.13 bits per heavy atom. The molecule has 0 aliphatic heterocycles. The average molecular weight is 209 g/mol. The van der Waals surface area contributed by atoms with Crippen LogP contribution in [0, 0.1) is 11.7 Å². The van der Waals surface area contributed by atoms with Crippen LogP contribution < -0.4 is 4.74 Å². The number of ether oxygens (including phenoxy) is 1. The van der Waals surface area contributed by atoms with Crippen molar-refractivity contribution in [1.82, 2.24) is 0 Å². The molecule has 1 nitrogen and oxygen atoms in total. The Balaban J connectivity index is 2.99. The summed E-state index contributed by atoms with van der Waals surface area (Å²) < 4.78 is 18.9. The van der Waals surface area contributed by atoms with Crippen LogP contribution in [0.4, 0.5) is 4.39 Å². The van der Waals surface area contributed by atoms with Crippen molar-refractivity contribution in [2.75, 3.05) is 0 Å². The molecular weight excluding hydrogens is 191 g/mol. The van der Waals surface area contributed by atoms with E-state index in [1.54, 1.807) is 0 Å². The Hall–Kier alpha value is -1.05. The highest BCUT2D eigenvalue weighted by Gasteiger charge is 2.13. The van der Waals surface area contributed by atoms with Crippen LogP contribution in [0.3, 0.4) is 0 Å². The summed E-state index contributed by atoms with van der Waals surface area (Å²) in [5.74, 6) is 1.40. The van der Waals surface area contributed by atoms with Crippen LogP contribution in [0.25, 0.3) is 0 Å². The number of rotatable bonds is 2. The normalized spacial score (nSPS) is 11.9. The van der Waals surface area contributed by atoms with Crippen LogP contribution in [0.15, 0.2) is 18.2 Å². The molecule has 1 aromatic rings. The predicted octanol–water partition coefficient (Wildman–Crippen LogP) is 3.97. The van der Waals surface area contributed by atoms with E-state index in [1.165, 1.54) is 12.1 Å². The van der Waals surface area contributed by atoms with Gasteiger partial charge in [0.1, 0.15) is 17.2 Å². The lowest BCUT2D eigenvalue weighted by Gasteiger charge is -2.22. The van der Waals surface area contributed by atoms with Crippen LogP contribution in [0.5, 0.6) is 5.75 Å². The van der Waals surface area contributed by atoms with E-state index >= 15 is 0 Å². The van der Waals surface area contributed by atoms with Gasteiger partial charge in [0.15, 0.2) is 0 Å². The first kappa shape index (κ1) is 12.0. The molecule has 0 saturated heterocycles. The van der Waals surface area contributed by atoms with Gasteiger partial charge in [-0.1, -0.05) is 13.8 Å². The fourth-order valence-corrected chi connectivity index (χ4v) is 1.26. The summed E-state index contributed by atoms with van der Waals surface area (Å²) in [6.45, 7) is 9.74. The molecule has 0 aliphatic rings. The van der Waals surface area contributed by atoms with Crippen LogP contribution >= 0.6 is 0 Å². The second kappa shape index (κ2) is 4.21. The molecule has 0 bridgehead atoms. The summed E-state index contributed by atoms with van der Waals surface area (Å²) in [6.07, 6.45) is 0. The largest absolute Gasteiger partial charge is 0.488 e. The van der Waals surface area contributed by atoms with Crippen molar-refractivity contribution in [1.29, 1.82) is 0 Å². The van der Waals surface area contributed by atoms with Crippen LogP contribution in [0.2, 0.25) is 0 Å². The van der Waals surface area contributed by atoms with Gasteiger partial charge in [0.05, 0.1) is 0 Å². The molecule has 1 radical (unpaired) electrons. The fraction of sp³-hybridized carbons (Fsp3) is 0.462. The van der Waals surface area contributed by atoms with Crippen molar-refractivity contribution >= 4 is 0 Å². The van der Waals surface area contributed by atoms with Crippen molar-refractivity contribution in [3.05, 3.63) is 35.5 Å². The first-order chi connectivity index (χ1) is 6.78. The molecular formula is C13H18FO. The van der Waals surface area contributed by atoms with E-state index in [2.05, 4.69) is 0 Å². The van der Waals surface area contributed by atoms with Gasteiger partial charge in [-0.2, -0.15) is 0 Å². The summed E-state index contributed by atoms with van der Waals surface area (Å²) in [6, 6.07) is 4.80. The van der Waals surface area contributed by atoms with Gasteiger partial charge in [-0.05, 0) is 44.4 Å². The molecule has 0 spiro atoms. The van der Waals surface area contributed by atoms with Crippen molar-refractivity contribution in [3.63, 3.8) is 0 Å². The van der Waals surface area contributed by atoms with Gasteiger partial charge in [-0.15, -0.1) is 0 Å². The number of halogens is 1. The van der Waals surface area contributed by atoms with E-state index < -0.39 is 0 Å². The van der Waals surface area contributed by atoms with Gasteiger partial charge in [-0.25, -0.2) is 4.39 Å². The Morgan fingerprint density at radius 3 is 2.20 bits per heavy atom. The van der Waals surface area contributed by atoms with Crippen molar-refractivity contribution in [2.45, 2.75) is 40.2 Å². The maximum absolute atomic E-state index is 13.3. The molecule has 0 heterocycles. The number of hydrogen-bond donors (Lipinski definition) is 0. The Morgan fingerprint density at radius 2 is 1.73 bits per heavy atom. The van der Waals surface area contributed by atoms with Gasteiger partial charge in [0.2, 0.25) is 0 Å². The first-order valence-corrected chi connectivity index (χ1v) is 5.08. The van der Waals surface area contributed by atoms with Crippen LogP contribution in [0.1, 0.15) is 40.2 Å². The third kappa shape index (κ3) is 3.90. The summed E-state index contributed by atoms with van der Waals surface area (Å²) >= 11 is 0. The van der Waals surface area contributed by atoms with E-state index in [1.807, 2.05) is 40.7 Å². The molecule has 0 saturated carbocycles. The quantitative estimate of drug-likeness (QED) is 0.716. The zero-order valence-corrected chi connectivity index (χ0v) is 10.0. The Kier molecular flexibility index (Phi) is 3.38. The first-order valence-electron chi connectivity index (χ1n) is 5.08. The molecule has 0 fully saturated rings. The maximum atomic E-state index is 13.3. The Labute approximate surface area is 91.3 Å². The molecule has 0 aromatic heterocycles. The summed E-state index contributed by atoms with van der Waals surface area (Å²) in [5.41, 5.74) is 0.585. The minimum Gasteiger partial charge on any atom is -0.488 e. The molecule has 1 rings (SSSR count). The molecule has 15 heavy (non-hydrogen) atoms. The van der Waals surface area contributed by atoms with Crippen molar-refractivity contribution < 1.29 is 9.13 Å². The van der Waals surface area contributed by atoms with Crippen LogP contribution in [-0.4, -0.2) is 5.60 Å². The summed E-state index contributed by atoms with van der Waals surface area (Å²) in [7, 11) is 0. The second-order valence-electron chi connectivity index (χ2n) is 4.89. The third-order valence-corrected chi connectivity index (χ3v) is 1.87. The highest BCUT2D eigenvalue weighted by atomic mass is 19.1. The zero-order chi connectivity index (χ0) is 11.6. The SMILES string of the molecule is C[C](C)c1cc(F)cc(OC(C)(C)C)c1. The summed E-state index contributed by atoms with van der Waals surface area (Å²) in [4.78, 5) is 0. The van der Waals surface area contributed by atoms with E-state index in [9.17, 15) is 4.39 Å². The second-order valence-corrected chi connectivity index (χ2v) is 4.89. The van der Waals surface area contributed by atoms with Crippen molar-refractivity contribution in [3.8, 4) is 5.75 Å². The average Bonchev–Trinajstić information content (AvgIpc) is 1.99. The Bertz CT molecular complexity index is 337. The highest BCUT2D eigenvalue weighted by Crippen LogP contribution is 2.24. The lowest BCUT2D eigenvalue weighted by atomic mass is 10.0. The van der Waals surface area contributed by atoms with E-state index in [4.69, 9.17) is 4.74 Å². The smallest absolute Gasteiger partial charge is 0.127 e. The number of benzene rings is 1. The topological polar surface area (TPSA) is 9.23 Å². The number of hydrogen-bond acceptors (Lipinski definition) is 1.